The van der Waals surface area contributed by atoms with Gasteiger partial charge in [0.05, 0.1) is 26.4 Å². The second-order valence-electron chi connectivity index (χ2n) is 28.9. The van der Waals surface area contributed by atoms with Crippen LogP contribution in [-0.4, -0.2) is 96.7 Å². The van der Waals surface area contributed by atoms with Gasteiger partial charge >= 0.3 is 39.5 Å². The lowest BCUT2D eigenvalue weighted by molar-refractivity contribution is -0.161. The van der Waals surface area contributed by atoms with Crippen molar-refractivity contribution in [2.24, 2.45) is 23.7 Å². The number of aliphatic hydroxyl groups excluding tert-OH is 1. The van der Waals surface area contributed by atoms with E-state index in [9.17, 15) is 43.2 Å². The van der Waals surface area contributed by atoms with Crippen molar-refractivity contribution < 1.29 is 80.2 Å². The van der Waals surface area contributed by atoms with Crippen LogP contribution in [-0.2, 0) is 65.4 Å². The predicted octanol–water partition coefficient (Wildman–Crippen LogP) is 22.4. The first-order valence-corrected chi connectivity index (χ1v) is 42.8. The molecule has 0 spiro atoms. The summed E-state index contributed by atoms with van der Waals surface area (Å²) in [5, 5.41) is 10.6. The standard InChI is InChI=1S/C77H150O17P2/c1-9-68(6)54-46-38-30-24-20-18-16-14-12-13-15-17-19-21-27-33-43-51-59-76(81)93-73(64-88-75(80)58-50-42-36-35-40-48-56-70(8)11-3)66-92-96(85,86)90-62-71(78)61-89-95(83,84)91-65-72(94-77(82)60-52-44-34-28-29-37-45-53-67(4)5)63-87-74(79)57-49-41-32-26-23-22-25-31-39-47-55-69(7)10-2/h67-73,78H,9-66H2,1-8H3,(H,83,84)(H,85,86)/t68?,69?,70?,71-,72-,73-/m1/s1. The first kappa shape index (κ1) is 94.1. The molecular formula is C77H150O17P2. The highest BCUT2D eigenvalue weighted by Gasteiger charge is 2.30. The van der Waals surface area contributed by atoms with E-state index in [1.54, 1.807) is 0 Å². The molecule has 8 atom stereocenters. The molecule has 3 N–H and O–H groups in total. The van der Waals surface area contributed by atoms with E-state index >= 15 is 0 Å². The van der Waals surface area contributed by atoms with Crippen molar-refractivity contribution in [1.29, 1.82) is 0 Å². The Balaban J connectivity index is 5.16. The molecule has 0 aromatic heterocycles. The van der Waals surface area contributed by atoms with Crippen LogP contribution in [0, 0.1) is 23.7 Å². The lowest BCUT2D eigenvalue weighted by Gasteiger charge is -2.21. The SMILES string of the molecule is CCC(C)CCCCCCCCCCCCCCCCCCCCC(=O)O[C@H](COC(=O)CCCCCCCCC(C)CC)COP(=O)(O)OC[C@H](O)COP(=O)(O)OC[C@@H](COC(=O)CCCCCCCCCCCCC(C)CC)OC(=O)CCCCCCCCCC(C)C. The number of ether oxygens (including phenoxy) is 4. The Hall–Kier alpha value is -1.94. The summed E-state index contributed by atoms with van der Waals surface area (Å²) in [7, 11) is -9.91. The molecule has 0 heterocycles. The molecule has 0 bridgehead atoms. The Morgan fingerprint density at radius 2 is 0.500 bits per heavy atom. The van der Waals surface area contributed by atoms with E-state index in [4.69, 9.17) is 37.0 Å². The van der Waals surface area contributed by atoms with Crippen LogP contribution in [0.25, 0.3) is 0 Å². The van der Waals surface area contributed by atoms with Crippen LogP contribution in [0.2, 0.25) is 0 Å². The van der Waals surface area contributed by atoms with Crippen molar-refractivity contribution in [1.82, 2.24) is 0 Å². The number of rotatable bonds is 74. The van der Waals surface area contributed by atoms with Gasteiger partial charge in [0.2, 0.25) is 0 Å². The van der Waals surface area contributed by atoms with Gasteiger partial charge in [0.1, 0.15) is 19.3 Å². The molecule has 0 aliphatic rings. The molecule has 0 aromatic rings. The Kier molecular flexibility index (Phi) is 65.0. The Labute approximate surface area is 588 Å². The molecule has 17 nitrogen and oxygen atoms in total. The zero-order valence-electron chi connectivity index (χ0n) is 63.0. The Morgan fingerprint density at radius 1 is 0.292 bits per heavy atom. The monoisotopic (exact) mass is 1410 g/mol. The summed E-state index contributed by atoms with van der Waals surface area (Å²) in [6.45, 7) is 14.2. The molecule has 0 aliphatic carbocycles. The molecule has 19 heteroatoms. The van der Waals surface area contributed by atoms with Crippen LogP contribution in [0.4, 0.5) is 0 Å². The minimum absolute atomic E-state index is 0.103. The van der Waals surface area contributed by atoms with Crippen LogP contribution in [0.5, 0.6) is 0 Å². The van der Waals surface area contributed by atoms with E-state index in [2.05, 4.69) is 55.4 Å². The largest absolute Gasteiger partial charge is 0.472 e. The Bertz CT molecular complexity index is 1890. The number of esters is 4. The summed E-state index contributed by atoms with van der Waals surface area (Å²) in [5.41, 5.74) is 0. The highest BCUT2D eigenvalue weighted by Crippen LogP contribution is 2.45. The number of phosphoric ester groups is 2. The van der Waals surface area contributed by atoms with Crippen molar-refractivity contribution in [2.45, 2.75) is 408 Å². The molecule has 570 valence electrons. The number of hydrogen-bond acceptors (Lipinski definition) is 15. The first-order chi connectivity index (χ1) is 46.2. The molecule has 96 heavy (non-hydrogen) atoms. The molecule has 0 fully saturated rings. The van der Waals surface area contributed by atoms with Gasteiger partial charge in [0, 0.05) is 25.7 Å². The second-order valence-corrected chi connectivity index (χ2v) is 31.9. The summed E-state index contributed by atoms with van der Waals surface area (Å²) in [6.07, 6.45) is 51.5. The van der Waals surface area contributed by atoms with Crippen molar-refractivity contribution in [3.63, 3.8) is 0 Å². The van der Waals surface area contributed by atoms with Crippen molar-refractivity contribution in [2.75, 3.05) is 39.6 Å². The summed E-state index contributed by atoms with van der Waals surface area (Å²) < 4.78 is 68.5. The molecule has 0 rings (SSSR count). The smallest absolute Gasteiger partial charge is 0.462 e. The van der Waals surface area contributed by atoms with Gasteiger partial charge in [-0.2, -0.15) is 0 Å². The van der Waals surface area contributed by atoms with E-state index in [-0.39, 0.29) is 25.7 Å². The molecular weight excluding hydrogens is 1260 g/mol. The second kappa shape index (κ2) is 66.3. The fourth-order valence-electron chi connectivity index (χ4n) is 11.6. The quantitative estimate of drug-likeness (QED) is 0.0222. The molecule has 0 saturated heterocycles. The molecule has 5 unspecified atom stereocenters. The van der Waals surface area contributed by atoms with E-state index in [1.165, 1.54) is 186 Å². The molecule has 0 radical (unpaired) electrons. The molecule has 0 amide bonds. The van der Waals surface area contributed by atoms with Gasteiger partial charge in [-0.05, 0) is 49.4 Å². The number of aliphatic hydroxyl groups is 1. The summed E-state index contributed by atoms with van der Waals surface area (Å²) in [6, 6.07) is 0. The van der Waals surface area contributed by atoms with Crippen molar-refractivity contribution in [3.05, 3.63) is 0 Å². The average molecular weight is 1410 g/mol. The molecule has 0 aromatic carbocycles. The number of carbonyl (C=O) groups excluding carboxylic acids is 4. The maximum Gasteiger partial charge on any atom is 0.472 e. The maximum atomic E-state index is 13.1. The van der Waals surface area contributed by atoms with Crippen LogP contribution < -0.4 is 0 Å². The van der Waals surface area contributed by atoms with Crippen molar-refractivity contribution in [3.8, 4) is 0 Å². The first-order valence-electron chi connectivity index (χ1n) is 39.8. The van der Waals surface area contributed by atoms with Crippen LogP contribution in [0.3, 0.4) is 0 Å². The molecule has 0 aliphatic heterocycles. The summed E-state index contributed by atoms with van der Waals surface area (Å²) >= 11 is 0. The third kappa shape index (κ3) is 66.6. The number of phosphoric acid groups is 2. The van der Waals surface area contributed by atoms with Gasteiger partial charge in [-0.1, -0.05) is 338 Å². The Morgan fingerprint density at radius 3 is 0.740 bits per heavy atom. The van der Waals surface area contributed by atoms with E-state index in [1.807, 2.05) is 0 Å². The maximum absolute atomic E-state index is 13.1. The van der Waals surface area contributed by atoms with Crippen LogP contribution in [0.1, 0.15) is 389 Å². The lowest BCUT2D eigenvalue weighted by Crippen LogP contribution is -2.30. The third-order valence-electron chi connectivity index (χ3n) is 18.9. The van der Waals surface area contributed by atoms with E-state index < -0.39 is 97.5 Å². The molecule has 0 saturated carbocycles. The lowest BCUT2D eigenvalue weighted by atomic mass is 9.99. The normalized spacial score (nSPS) is 15.0. The van der Waals surface area contributed by atoms with Gasteiger partial charge in [-0.25, -0.2) is 9.13 Å². The zero-order valence-corrected chi connectivity index (χ0v) is 64.8. The van der Waals surface area contributed by atoms with Gasteiger partial charge in [0.25, 0.3) is 0 Å². The summed E-state index contributed by atoms with van der Waals surface area (Å²) in [4.78, 5) is 72.8. The van der Waals surface area contributed by atoms with Gasteiger partial charge in [0.15, 0.2) is 12.2 Å². The highest BCUT2D eigenvalue weighted by atomic mass is 31.2. The van der Waals surface area contributed by atoms with Gasteiger partial charge < -0.3 is 33.8 Å². The van der Waals surface area contributed by atoms with Crippen LogP contribution in [0.15, 0.2) is 0 Å². The van der Waals surface area contributed by atoms with E-state index in [0.29, 0.717) is 31.6 Å². The van der Waals surface area contributed by atoms with Crippen LogP contribution >= 0.6 is 15.6 Å². The van der Waals surface area contributed by atoms with E-state index in [0.717, 1.165) is 114 Å². The van der Waals surface area contributed by atoms with Crippen molar-refractivity contribution >= 4 is 39.5 Å². The van der Waals surface area contributed by atoms with Gasteiger partial charge in [-0.3, -0.25) is 37.3 Å². The number of carbonyl (C=O) groups is 4. The minimum atomic E-state index is -4.96. The number of hydrogen-bond donors (Lipinski definition) is 3. The highest BCUT2D eigenvalue weighted by molar-refractivity contribution is 7.47. The topological polar surface area (TPSA) is 237 Å². The number of unbranched alkanes of at least 4 members (excludes halogenated alkanes) is 37. The zero-order chi connectivity index (χ0) is 71.0. The summed E-state index contributed by atoms with van der Waals surface area (Å²) in [5.74, 6) is 0.983. The average Bonchev–Trinajstić information content (AvgIpc) is 2.09. The fourth-order valence-corrected chi connectivity index (χ4v) is 13.2. The minimum Gasteiger partial charge on any atom is -0.462 e. The van der Waals surface area contributed by atoms with Gasteiger partial charge in [-0.15, -0.1) is 0 Å². The third-order valence-corrected chi connectivity index (χ3v) is 20.8. The predicted molar refractivity (Wildman–Crippen MR) is 391 cm³/mol. The fraction of sp³-hybridized carbons (Fsp3) is 0.948.